The number of epoxide rings is 1. The summed E-state index contributed by atoms with van der Waals surface area (Å²) >= 11 is 0. The van der Waals surface area contributed by atoms with Crippen LogP contribution in [0.2, 0.25) is 0 Å². The first-order chi connectivity index (χ1) is 18.0. The molecule has 3 fully saturated rings. The molecule has 3 aliphatic rings. The summed E-state index contributed by atoms with van der Waals surface area (Å²) in [5.41, 5.74) is -2.25. The normalized spacial score (nSPS) is 35.8. The average molecular weight is 560 g/mol. The molecule has 0 saturated carbocycles. The fourth-order valence-electron chi connectivity index (χ4n) is 5.30. The van der Waals surface area contributed by atoms with Gasteiger partial charge in [-0.25, -0.2) is 0 Å². The third-order valence-electron chi connectivity index (χ3n) is 7.32. The summed E-state index contributed by atoms with van der Waals surface area (Å²) in [7, 11) is 0. The van der Waals surface area contributed by atoms with Gasteiger partial charge in [0.1, 0.15) is 23.9 Å². The van der Waals surface area contributed by atoms with Crippen molar-refractivity contribution < 1.29 is 46.8 Å². The summed E-state index contributed by atoms with van der Waals surface area (Å²) in [5, 5.41) is 13.5. The molecule has 39 heavy (non-hydrogen) atoms. The second-order valence-corrected chi connectivity index (χ2v) is 11.5. The predicted molar refractivity (Wildman–Crippen MR) is 137 cm³/mol. The quantitative estimate of drug-likeness (QED) is 0.201. The van der Waals surface area contributed by atoms with Crippen molar-refractivity contribution in [1.29, 1.82) is 0 Å². The largest absolute Gasteiger partial charge is 0.459 e. The summed E-state index contributed by atoms with van der Waals surface area (Å²) in [4.78, 5) is 23.3. The number of ether oxygens (including phenoxy) is 4. The number of hydrogen-bond acceptors (Lipinski definition) is 7. The van der Waals surface area contributed by atoms with Gasteiger partial charge in [-0.2, -0.15) is 13.2 Å². The fourth-order valence-corrected chi connectivity index (χ4v) is 5.30. The monoisotopic (exact) mass is 559 g/mol. The smallest absolute Gasteiger partial charge is 0.416 e. The molecule has 2 N–H and O–H groups in total. The van der Waals surface area contributed by atoms with Gasteiger partial charge >= 0.3 is 12.1 Å². The van der Waals surface area contributed by atoms with E-state index in [1.165, 1.54) is 25.2 Å². The van der Waals surface area contributed by atoms with Crippen molar-refractivity contribution in [3.05, 3.63) is 36.0 Å². The number of alkyl halides is 3. The molecule has 0 radical (unpaired) electrons. The minimum atomic E-state index is -4.60. The Morgan fingerprint density at radius 2 is 1.90 bits per heavy atom. The van der Waals surface area contributed by atoms with Crippen molar-refractivity contribution in [2.24, 2.45) is 5.92 Å². The molecule has 0 aromatic heterocycles. The van der Waals surface area contributed by atoms with E-state index in [9.17, 15) is 27.9 Å². The zero-order chi connectivity index (χ0) is 29.2. The Balaban J connectivity index is 1.61. The van der Waals surface area contributed by atoms with Crippen LogP contribution in [0.1, 0.15) is 60.8 Å². The first-order valence-corrected chi connectivity index (χ1v) is 13.3. The summed E-state index contributed by atoms with van der Waals surface area (Å²) < 4.78 is 63.8. The zero-order valence-corrected chi connectivity index (χ0v) is 23.3. The molecule has 8 atom stereocenters. The van der Waals surface area contributed by atoms with Gasteiger partial charge in [-0.15, -0.1) is 0 Å². The molecule has 0 aromatic carbocycles. The van der Waals surface area contributed by atoms with E-state index in [0.717, 1.165) is 12.2 Å². The Labute approximate surface area is 227 Å². The Bertz CT molecular complexity index is 986. The predicted octanol–water partition coefficient (Wildman–Crippen LogP) is 3.92. The van der Waals surface area contributed by atoms with Gasteiger partial charge in [0.25, 0.3) is 0 Å². The lowest BCUT2D eigenvalue weighted by molar-refractivity contribution is -0.171. The number of nitrogens with one attached hydrogen (secondary N) is 1. The van der Waals surface area contributed by atoms with E-state index >= 15 is 0 Å². The highest BCUT2D eigenvalue weighted by molar-refractivity contribution is 5.87. The molecular weight excluding hydrogens is 519 g/mol. The van der Waals surface area contributed by atoms with E-state index in [-0.39, 0.29) is 24.3 Å². The van der Waals surface area contributed by atoms with Crippen LogP contribution >= 0.6 is 0 Å². The third-order valence-corrected chi connectivity index (χ3v) is 7.32. The maximum atomic E-state index is 13.9. The highest BCUT2D eigenvalue weighted by atomic mass is 19.4. The number of allylic oxidation sites excluding steroid dienone is 2. The Morgan fingerprint density at radius 1 is 1.23 bits per heavy atom. The molecule has 0 unspecified atom stereocenters. The number of halogens is 3. The number of rotatable bonds is 8. The molecule has 1 spiro atoms. The second kappa shape index (κ2) is 12.1. The van der Waals surface area contributed by atoms with Gasteiger partial charge in [-0.05, 0) is 52.5 Å². The SMILES string of the molecule is CC(=O)O[C@@H](C)/C=C\C(=O)N[C@@H]1C[C@H](C)[C@H](C/C=C(/C=C/[C@H]2OC(C)(C)C[C@@]3(CO3)[C@@H]2O)C(F)(F)F)O[C@@H]1C. The fraction of sp³-hybridized carbons (Fsp3) is 0.714. The number of aliphatic hydroxyl groups excluding tert-OH is 1. The molecule has 0 bridgehead atoms. The van der Waals surface area contributed by atoms with Gasteiger partial charge in [-0.1, -0.05) is 25.2 Å². The molecule has 8 nitrogen and oxygen atoms in total. The number of amides is 1. The van der Waals surface area contributed by atoms with Gasteiger partial charge in [0.2, 0.25) is 5.91 Å². The molecule has 3 rings (SSSR count). The molecular formula is C28H40F3NO7. The van der Waals surface area contributed by atoms with E-state index in [1.807, 2.05) is 20.8 Å². The molecule has 0 aliphatic carbocycles. The Kier molecular flexibility index (Phi) is 9.73. The van der Waals surface area contributed by atoms with Crippen LogP contribution < -0.4 is 5.32 Å². The van der Waals surface area contributed by atoms with E-state index < -0.39 is 59.4 Å². The highest BCUT2D eigenvalue weighted by Gasteiger charge is 2.60. The molecule has 220 valence electrons. The maximum Gasteiger partial charge on any atom is 0.416 e. The lowest BCUT2D eigenvalue weighted by atomic mass is 9.83. The van der Waals surface area contributed by atoms with Gasteiger partial charge < -0.3 is 29.4 Å². The minimum Gasteiger partial charge on any atom is -0.459 e. The topological polar surface area (TPSA) is 107 Å². The standard InChI is InChI=1S/C28H40F3NO7/c1-16-13-21(32-24(34)12-7-17(2)37-19(4)33)18(3)38-22(16)10-8-20(28(29,30)31)9-11-23-25(35)27(15-36-27)14-26(5,6)39-23/h7-9,11-12,16-18,21-23,25,35H,10,13-15H2,1-6H3,(H,32,34)/b11-9+,12-7-,20-8-/t16-,17-,18+,21+,22-,23+,25+,27+/m0/s1. The van der Waals surface area contributed by atoms with Crippen LogP contribution in [0.4, 0.5) is 13.2 Å². The number of carbonyl (C=O) groups excluding carboxylic acids is 2. The van der Waals surface area contributed by atoms with Crippen molar-refractivity contribution in [2.75, 3.05) is 6.61 Å². The number of carbonyl (C=O) groups is 2. The maximum absolute atomic E-state index is 13.9. The first-order valence-electron chi connectivity index (χ1n) is 13.3. The van der Waals surface area contributed by atoms with Crippen molar-refractivity contribution in [3.8, 4) is 0 Å². The second-order valence-electron chi connectivity index (χ2n) is 11.5. The Hall–Kier alpha value is -2.21. The van der Waals surface area contributed by atoms with Crippen LogP contribution in [0.15, 0.2) is 36.0 Å². The average Bonchev–Trinajstić information content (AvgIpc) is 3.56. The van der Waals surface area contributed by atoms with Crippen LogP contribution in [-0.4, -0.2) is 77.5 Å². The van der Waals surface area contributed by atoms with Crippen LogP contribution in [0, 0.1) is 5.92 Å². The molecule has 3 aliphatic heterocycles. The molecule has 3 saturated heterocycles. The number of hydrogen-bond donors (Lipinski definition) is 2. The Morgan fingerprint density at radius 3 is 2.49 bits per heavy atom. The summed E-state index contributed by atoms with van der Waals surface area (Å²) in [6.07, 6.45) is -0.958. The summed E-state index contributed by atoms with van der Waals surface area (Å²) in [5.74, 6) is -0.954. The molecule has 3 heterocycles. The number of aliphatic hydroxyl groups is 1. The van der Waals surface area contributed by atoms with E-state index in [1.54, 1.807) is 13.8 Å². The molecule has 11 heteroatoms. The summed E-state index contributed by atoms with van der Waals surface area (Å²) in [6.45, 7) is 10.5. The first kappa shape index (κ1) is 31.3. The van der Waals surface area contributed by atoms with Crippen LogP contribution in [0.5, 0.6) is 0 Å². The van der Waals surface area contributed by atoms with Crippen molar-refractivity contribution in [2.45, 2.75) is 115 Å². The lowest BCUT2D eigenvalue weighted by Gasteiger charge is -2.41. The van der Waals surface area contributed by atoms with E-state index in [2.05, 4.69) is 5.32 Å². The van der Waals surface area contributed by atoms with Gasteiger partial charge in [0.15, 0.2) is 0 Å². The minimum absolute atomic E-state index is 0.0256. The van der Waals surface area contributed by atoms with Crippen LogP contribution in [0.3, 0.4) is 0 Å². The summed E-state index contributed by atoms with van der Waals surface area (Å²) in [6, 6.07) is -0.325. The van der Waals surface area contributed by atoms with Gasteiger partial charge in [0, 0.05) is 19.4 Å². The van der Waals surface area contributed by atoms with Crippen molar-refractivity contribution >= 4 is 11.9 Å². The van der Waals surface area contributed by atoms with E-state index in [4.69, 9.17) is 18.9 Å². The van der Waals surface area contributed by atoms with Crippen LogP contribution in [-0.2, 0) is 28.5 Å². The van der Waals surface area contributed by atoms with Crippen LogP contribution in [0.25, 0.3) is 0 Å². The van der Waals surface area contributed by atoms with Crippen molar-refractivity contribution in [3.63, 3.8) is 0 Å². The number of esters is 1. The van der Waals surface area contributed by atoms with E-state index in [0.29, 0.717) is 19.4 Å². The van der Waals surface area contributed by atoms with Gasteiger partial charge in [0.05, 0.1) is 36.0 Å². The van der Waals surface area contributed by atoms with Crippen molar-refractivity contribution in [1.82, 2.24) is 5.32 Å². The van der Waals surface area contributed by atoms with Gasteiger partial charge in [-0.3, -0.25) is 9.59 Å². The zero-order valence-electron chi connectivity index (χ0n) is 23.3. The highest BCUT2D eigenvalue weighted by Crippen LogP contribution is 2.46. The molecule has 1 amide bonds. The molecule has 0 aromatic rings. The lowest BCUT2D eigenvalue weighted by Crippen LogP contribution is -2.53. The third kappa shape index (κ3) is 8.64.